The standard InChI is InChI=1S/C14H18ClN3/c15-11-7-12(18-13(17-11)9-1-2-9)16-8-14(5-6-14)10-3-4-10/h7,9-10H,1-6,8H2,(H,16,17,18). The van der Waals surface area contributed by atoms with E-state index in [0.717, 1.165) is 24.1 Å². The van der Waals surface area contributed by atoms with Gasteiger partial charge in [-0.05, 0) is 49.9 Å². The van der Waals surface area contributed by atoms with Crippen molar-refractivity contribution in [2.24, 2.45) is 11.3 Å². The van der Waals surface area contributed by atoms with Gasteiger partial charge in [-0.2, -0.15) is 0 Å². The predicted molar refractivity (Wildman–Crippen MR) is 71.9 cm³/mol. The maximum Gasteiger partial charge on any atom is 0.135 e. The van der Waals surface area contributed by atoms with Gasteiger partial charge in [0.05, 0.1) is 0 Å². The van der Waals surface area contributed by atoms with Gasteiger partial charge in [0.2, 0.25) is 0 Å². The molecule has 3 aliphatic rings. The minimum atomic E-state index is 0.558. The Labute approximate surface area is 112 Å². The highest BCUT2D eigenvalue weighted by Crippen LogP contribution is 2.61. The predicted octanol–water partition coefficient (Wildman–Crippen LogP) is 3.61. The molecule has 0 aromatic carbocycles. The van der Waals surface area contributed by atoms with Crippen molar-refractivity contribution < 1.29 is 0 Å². The smallest absolute Gasteiger partial charge is 0.135 e. The number of rotatable bonds is 5. The molecule has 3 fully saturated rings. The summed E-state index contributed by atoms with van der Waals surface area (Å²) in [5.41, 5.74) is 0.594. The molecule has 1 N–H and O–H groups in total. The van der Waals surface area contributed by atoms with Crippen molar-refractivity contribution in [3.05, 3.63) is 17.0 Å². The summed E-state index contributed by atoms with van der Waals surface area (Å²) < 4.78 is 0. The maximum absolute atomic E-state index is 6.07. The van der Waals surface area contributed by atoms with Gasteiger partial charge in [0.15, 0.2) is 0 Å². The summed E-state index contributed by atoms with van der Waals surface area (Å²) >= 11 is 6.07. The number of hydrogen-bond acceptors (Lipinski definition) is 3. The highest BCUT2D eigenvalue weighted by molar-refractivity contribution is 6.29. The second-order valence-corrected chi connectivity index (χ2v) is 6.59. The minimum absolute atomic E-state index is 0.558. The van der Waals surface area contributed by atoms with E-state index in [4.69, 9.17) is 11.6 Å². The molecule has 0 bridgehead atoms. The van der Waals surface area contributed by atoms with Crippen LogP contribution in [0.4, 0.5) is 5.82 Å². The molecule has 4 heteroatoms. The Hall–Kier alpha value is -0.830. The lowest BCUT2D eigenvalue weighted by atomic mass is 10.0. The van der Waals surface area contributed by atoms with E-state index in [-0.39, 0.29) is 0 Å². The third kappa shape index (κ3) is 2.09. The number of aromatic nitrogens is 2. The minimum Gasteiger partial charge on any atom is -0.369 e. The first kappa shape index (κ1) is 11.0. The summed E-state index contributed by atoms with van der Waals surface area (Å²) in [5.74, 6) is 3.39. The van der Waals surface area contributed by atoms with Gasteiger partial charge in [-0.15, -0.1) is 0 Å². The summed E-state index contributed by atoms with van der Waals surface area (Å²) in [5, 5.41) is 4.07. The quantitative estimate of drug-likeness (QED) is 0.825. The summed E-state index contributed by atoms with van der Waals surface area (Å²) in [4.78, 5) is 8.92. The number of nitrogens with one attached hydrogen (secondary N) is 1. The van der Waals surface area contributed by atoms with Crippen LogP contribution in [0.15, 0.2) is 6.07 Å². The summed E-state index contributed by atoms with van der Waals surface area (Å²) in [7, 11) is 0. The second kappa shape index (κ2) is 3.83. The zero-order chi connectivity index (χ0) is 12.2. The van der Waals surface area contributed by atoms with Crippen molar-refractivity contribution in [1.29, 1.82) is 0 Å². The van der Waals surface area contributed by atoms with Gasteiger partial charge in [0.25, 0.3) is 0 Å². The molecule has 3 aliphatic carbocycles. The zero-order valence-corrected chi connectivity index (χ0v) is 11.2. The van der Waals surface area contributed by atoms with Gasteiger partial charge in [0, 0.05) is 18.5 Å². The number of anilines is 1. The van der Waals surface area contributed by atoms with Crippen LogP contribution < -0.4 is 5.32 Å². The summed E-state index contributed by atoms with van der Waals surface area (Å²) in [6, 6.07) is 1.86. The van der Waals surface area contributed by atoms with E-state index in [9.17, 15) is 0 Å². The molecule has 1 heterocycles. The molecule has 4 rings (SSSR count). The third-order valence-corrected chi connectivity index (χ3v) is 4.81. The molecule has 0 saturated heterocycles. The molecule has 0 amide bonds. The van der Waals surface area contributed by atoms with Crippen LogP contribution in [0.25, 0.3) is 0 Å². The molecule has 0 spiro atoms. The van der Waals surface area contributed by atoms with E-state index < -0.39 is 0 Å². The topological polar surface area (TPSA) is 37.8 Å². The van der Waals surface area contributed by atoms with Crippen LogP contribution in [0.2, 0.25) is 5.15 Å². The molecular weight excluding hydrogens is 246 g/mol. The molecule has 0 radical (unpaired) electrons. The number of nitrogens with zero attached hydrogens (tertiary/aromatic N) is 2. The fourth-order valence-electron chi connectivity index (χ4n) is 2.90. The molecule has 18 heavy (non-hydrogen) atoms. The zero-order valence-electron chi connectivity index (χ0n) is 10.5. The highest BCUT2D eigenvalue weighted by atomic mass is 35.5. The van der Waals surface area contributed by atoms with E-state index in [1.54, 1.807) is 0 Å². The van der Waals surface area contributed by atoms with Crippen molar-refractivity contribution in [3.8, 4) is 0 Å². The van der Waals surface area contributed by atoms with Crippen LogP contribution >= 0.6 is 11.6 Å². The lowest BCUT2D eigenvalue weighted by Crippen LogP contribution is -2.18. The van der Waals surface area contributed by atoms with E-state index in [1.807, 2.05) is 6.07 Å². The van der Waals surface area contributed by atoms with Crippen LogP contribution in [0.3, 0.4) is 0 Å². The molecule has 3 nitrogen and oxygen atoms in total. The van der Waals surface area contributed by atoms with Crippen LogP contribution in [-0.4, -0.2) is 16.5 Å². The van der Waals surface area contributed by atoms with Crippen molar-refractivity contribution in [1.82, 2.24) is 9.97 Å². The average Bonchev–Trinajstić information content (AvgIpc) is 3.24. The first-order valence-corrected chi connectivity index (χ1v) is 7.41. The van der Waals surface area contributed by atoms with Crippen LogP contribution in [-0.2, 0) is 0 Å². The van der Waals surface area contributed by atoms with E-state index in [1.165, 1.54) is 38.5 Å². The molecule has 96 valence electrons. The van der Waals surface area contributed by atoms with Crippen molar-refractivity contribution >= 4 is 17.4 Å². The largest absolute Gasteiger partial charge is 0.369 e. The van der Waals surface area contributed by atoms with Crippen LogP contribution in [0.5, 0.6) is 0 Å². The van der Waals surface area contributed by atoms with Crippen LogP contribution in [0.1, 0.15) is 50.3 Å². The molecule has 1 aromatic heterocycles. The first-order chi connectivity index (χ1) is 8.75. The fourth-order valence-corrected chi connectivity index (χ4v) is 3.09. The Morgan fingerprint density at radius 2 is 2.00 bits per heavy atom. The Morgan fingerprint density at radius 3 is 2.61 bits per heavy atom. The van der Waals surface area contributed by atoms with Gasteiger partial charge in [-0.1, -0.05) is 11.6 Å². The molecule has 0 aliphatic heterocycles. The fraction of sp³-hybridized carbons (Fsp3) is 0.714. The van der Waals surface area contributed by atoms with E-state index in [2.05, 4.69) is 15.3 Å². The first-order valence-electron chi connectivity index (χ1n) is 7.04. The van der Waals surface area contributed by atoms with Gasteiger partial charge in [-0.3, -0.25) is 0 Å². The van der Waals surface area contributed by atoms with E-state index >= 15 is 0 Å². The molecule has 0 unspecified atom stereocenters. The van der Waals surface area contributed by atoms with Crippen LogP contribution in [0, 0.1) is 11.3 Å². The number of hydrogen-bond donors (Lipinski definition) is 1. The van der Waals surface area contributed by atoms with E-state index in [0.29, 0.717) is 16.5 Å². The lowest BCUT2D eigenvalue weighted by Gasteiger charge is -2.15. The lowest BCUT2D eigenvalue weighted by molar-refractivity contribution is 0.466. The van der Waals surface area contributed by atoms with Gasteiger partial charge >= 0.3 is 0 Å². The SMILES string of the molecule is Clc1cc(NCC2(C3CC3)CC2)nc(C2CC2)n1. The normalized spacial score (nSPS) is 24.9. The van der Waals surface area contributed by atoms with Crippen molar-refractivity contribution in [2.45, 2.75) is 44.4 Å². The Kier molecular flexibility index (Phi) is 2.35. The molecule has 3 saturated carbocycles. The molecule has 0 atom stereocenters. The average molecular weight is 264 g/mol. The van der Waals surface area contributed by atoms with Gasteiger partial charge in [0.1, 0.15) is 16.8 Å². The summed E-state index contributed by atoms with van der Waals surface area (Å²) in [6.45, 7) is 1.06. The van der Waals surface area contributed by atoms with Crippen molar-refractivity contribution in [3.63, 3.8) is 0 Å². The monoisotopic (exact) mass is 263 g/mol. The molecular formula is C14H18ClN3. The van der Waals surface area contributed by atoms with Gasteiger partial charge in [-0.25, -0.2) is 9.97 Å². The van der Waals surface area contributed by atoms with Gasteiger partial charge < -0.3 is 5.32 Å². The summed E-state index contributed by atoms with van der Waals surface area (Å²) in [6.07, 6.45) is 8.06. The Morgan fingerprint density at radius 1 is 1.22 bits per heavy atom. The Bertz CT molecular complexity index is 476. The second-order valence-electron chi connectivity index (χ2n) is 6.20. The molecule has 1 aromatic rings. The van der Waals surface area contributed by atoms with Crippen molar-refractivity contribution in [2.75, 3.05) is 11.9 Å². The Balaban J connectivity index is 1.47. The third-order valence-electron chi connectivity index (χ3n) is 4.61. The number of halogens is 1. The highest BCUT2D eigenvalue weighted by Gasteiger charge is 2.53. The maximum atomic E-state index is 6.07.